The molecule has 0 unspecified atom stereocenters. The highest BCUT2D eigenvalue weighted by Crippen LogP contribution is 2.37. The van der Waals surface area contributed by atoms with Crippen molar-refractivity contribution in [3.05, 3.63) is 66.4 Å². The molecule has 0 amide bonds. The van der Waals surface area contributed by atoms with E-state index in [9.17, 15) is 0 Å². The zero-order valence-corrected chi connectivity index (χ0v) is 17.6. The van der Waals surface area contributed by atoms with E-state index >= 15 is 0 Å². The fourth-order valence-electron chi connectivity index (χ4n) is 2.58. The number of fused-ring (bicyclic) bond motifs is 3. The van der Waals surface area contributed by atoms with Gasteiger partial charge in [0.05, 0.1) is 0 Å². The van der Waals surface area contributed by atoms with Crippen molar-refractivity contribution < 1.29 is 0 Å². The molecule has 0 bridgehead atoms. The van der Waals surface area contributed by atoms with Crippen LogP contribution in [0.15, 0.2) is 55.3 Å². The summed E-state index contributed by atoms with van der Waals surface area (Å²) < 4.78 is 2.23. The molecule has 0 saturated carbocycles. The summed E-state index contributed by atoms with van der Waals surface area (Å²) in [7, 11) is 0. The molecule has 0 nitrogen and oxygen atoms in total. The summed E-state index contributed by atoms with van der Waals surface area (Å²) in [5.74, 6) is 0. The monoisotopic (exact) mass is 542 g/mol. The molecule has 0 aliphatic heterocycles. The lowest BCUT2D eigenvalue weighted by atomic mass is 9.98. The van der Waals surface area contributed by atoms with E-state index in [1.54, 1.807) is 0 Å². The van der Waals surface area contributed by atoms with E-state index in [0.29, 0.717) is 0 Å². The van der Waals surface area contributed by atoms with Crippen LogP contribution in [0.5, 0.6) is 0 Å². The molecule has 22 heavy (non-hydrogen) atoms. The van der Waals surface area contributed by atoms with Gasteiger partial charge in [0.15, 0.2) is 0 Å². The van der Waals surface area contributed by atoms with Crippen LogP contribution in [-0.2, 0) is 0 Å². The Balaban J connectivity index is 2.37. The Morgan fingerprint density at radius 1 is 0.545 bits per heavy atom. The fraction of sp³-hybridized carbons (Fsp3) is 0. The summed E-state index contributed by atoms with van der Waals surface area (Å²) in [5, 5.41) is 4.91. The van der Waals surface area contributed by atoms with Gasteiger partial charge in [-0.1, -0.05) is 68.3 Å². The van der Waals surface area contributed by atoms with Crippen LogP contribution >= 0.6 is 63.7 Å². The van der Waals surface area contributed by atoms with Crippen molar-refractivity contribution in [3.8, 4) is 0 Å². The van der Waals surface area contributed by atoms with Gasteiger partial charge in [0, 0.05) is 8.95 Å². The first-order valence-corrected chi connectivity index (χ1v) is 9.96. The second kappa shape index (κ2) is 7.00. The van der Waals surface area contributed by atoms with Crippen molar-refractivity contribution in [3.63, 3.8) is 0 Å². The van der Waals surface area contributed by atoms with Crippen LogP contribution in [0.2, 0.25) is 0 Å². The molecule has 3 aromatic carbocycles. The van der Waals surface area contributed by atoms with E-state index in [4.69, 9.17) is 0 Å². The number of rotatable bonds is 2. The first kappa shape index (κ1) is 16.4. The Morgan fingerprint density at radius 2 is 0.909 bits per heavy atom. The van der Waals surface area contributed by atoms with E-state index in [2.05, 4.69) is 100 Å². The predicted octanol–water partition coefficient (Wildman–Crippen LogP) is 8.25. The van der Waals surface area contributed by atoms with Crippen LogP contribution in [0.4, 0.5) is 0 Å². The summed E-state index contributed by atoms with van der Waals surface area (Å²) in [4.78, 5) is 3.74. The van der Waals surface area contributed by atoms with Gasteiger partial charge in [-0.15, -0.1) is 0 Å². The maximum absolute atomic E-state index is 3.73. The van der Waals surface area contributed by atoms with Gasteiger partial charge < -0.3 is 0 Å². The molecular weight excluding hydrogens is 536 g/mol. The Morgan fingerprint density at radius 3 is 1.27 bits per heavy atom. The number of benzene rings is 3. The lowest BCUT2D eigenvalue weighted by molar-refractivity contribution is 1.65. The molecule has 0 N–H and O–H groups in total. The second-order valence-electron chi connectivity index (χ2n) is 4.78. The number of hydrogen-bond donors (Lipinski definition) is 0. The van der Waals surface area contributed by atoms with E-state index < -0.39 is 0 Å². The molecular formula is C18H10Br4. The van der Waals surface area contributed by atoms with Gasteiger partial charge in [-0.25, -0.2) is 0 Å². The van der Waals surface area contributed by atoms with Gasteiger partial charge in [0.25, 0.3) is 0 Å². The minimum Gasteiger partial charge on any atom is -0.0595 e. The first-order valence-electron chi connectivity index (χ1n) is 6.54. The van der Waals surface area contributed by atoms with E-state index in [1.165, 1.54) is 21.5 Å². The van der Waals surface area contributed by atoms with Crippen molar-refractivity contribution in [2.45, 2.75) is 0 Å². The summed E-state index contributed by atoms with van der Waals surface area (Å²) in [5.41, 5.74) is 2.31. The second-order valence-corrected chi connectivity index (χ2v) is 7.42. The van der Waals surface area contributed by atoms with E-state index in [1.807, 2.05) is 22.1 Å². The molecule has 3 aromatic rings. The van der Waals surface area contributed by atoms with Crippen molar-refractivity contribution in [2.24, 2.45) is 0 Å². The zero-order valence-electron chi connectivity index (χ0n) is 11.3. The minimum atomic E-state index is 1.11. The van der Waals surface area contributed by atoms with Gasteiger partial charge in [-0.05, 0) is 86.7 Å². The number of halogens is 4. The summed E-state index contributed by atoms with van der Waals surface area (Å²) in [6.07, 6.45) is 4.07. The highest BCUT2D eigenvalue weighted by atomic mass is 79.9. The maximum atomic E-state index is 3.73. The van der Waals surface area contributed by atoms with Gasteiger partial charge in [0.2, 0.25) is 0 Å². The average Bonchev–Trinajstić information content (AvgIpc) is 2.53. The van der Waals surface area contributed by atoms with Crippen molar-refractivity contribution >= 4 is 97.4 Å². The van der Waals surface area contributed by atoms with Crippen LogP contribution in [0.3, 0.4) is 0 Å². The molecule has 0 fully saturated rings. The molecule has 0 aliphatic carbocycles. The third kappa shape index (κ3) is 2.86. The Hall–Kier alpha value is -0.420. The highest BCUT2D eigenvalue weighted by molar-refractivity contribution is 9.11. The SMILES string of the molecule is Br/C=C\c1ccc2c(ccc3c(Br)c(/C=C\Br)ccc32)c1Br. The molecule has 110 valence electrons. The van der Waals surface area contributed by atoms with Crippen LogP contribution in [-0.4, -0.2) is 0 Å². The Bertz CT molecular complexity index is 847. The topological polar surface area (TPSA) is 0 Å². The molecule has 0 spiro atoms. The normalized spacial score (nSPS) is 12.2. The van der Waals surface area contributed by atoms with Crippen molar-refractivity contribution in [2.75, 3.05) is 0 Å². The van der Waals surface area contributed by atoms with Crippen molar-refractivity contribution in [1.29, 1.82) is 0 Å². The van der Waals surface area contributed by atoms with Crippen LogP contribution < -0.4 is 0 Å². The van der Waals surface area contributed by atoms with Gasteiger partial charge in [-0.3, -0.25) is 0 Å². The zero-order chi connectivity index (χ0) is 15.7. The summed E-state index contributed by atoms with van der Waals surface area (Å²) in [6.45, 7) is 0. The standard InChI is InChI=1S/C18H10Br4/c19-9-7-11-1-3-13-14-4-2-12(8-10-20)18(22)16(14)6-5-15(13)17(11)21/h1-10H/b9-7-,10-8-. The Labute approximate surface area is 162 Å². The minimum absolute atomic E-state index is 1.11. The molecule has 0 atom stereocenters. The van der Waals surface area contributed by atoms with E-state index in [0.717, 1.165) is 20.1 Å². The van der Waals surface area contributed by atoms with Gasteiger partial charge >= 0.3 is 0 Å². The smallest absolute Gasteiger partial charge is 0.0326 e. The predicted molar refractivity (Wildman–Crippen MR) is 113 cm³/mol. The van der Waals surface area contributed by atoms with Crippen LogP contribution in [0.25, 0.3) is 33.7 Å². The fourth-order valence-corrected chi connectivity index (χ4v) is 4.36. The highest BCUT2D eigenvalue weighted by Gasteiger charge is 2.09. The average molecular weight is 546 g/mol. The number of hydrogen-bond acceptors (Lipinski definition) is 0. The molecule has 0 saturated heterocycles. The lowest BCUT2D eigenvalue weighted by Gasteiger charge is -2.10. The summed E-state index contributed by atoms with van der Waals surface area (Å²) in [6, 6.07) is 12.9. The summed E-state index contributed by atoms with van der Waals surface area (Å²) >= 11 is 14.1. The molecule has 0 aliphatic rings. The van der Waals surface area contributed by atoms with Crippen LogP contribution in [0, 0.1) is 0 Å². The molecule has 0 heterocycles. The van der Waals surface area contributed by atoms with Gasteiger partial charge in [0.1, 0.15) is 0 Å². The molecule has 3 rings (SSSR count). The van der Waals surface area contributed by atoms with Crippen molar-refractivity contribution in [1.82, 2.24) is 0 Å². The molecule has 0 radical (unpaired) electrons. The third-order valence-electron chi connectivity index (χ3n) is 3.61. The van der Waals surface area contributed by atoms with E-state index in [-0.39, 0.29) is 0 Å². The van der Waals surface area contributed by atoms with Crippen LogP contribution in [0.1, 0.15) is 11.1 Å². The Kier molecular flexibility index (Phi) is 5.23. The lowest BCUT2D eigenvalue weighted by Crippen LogP contribution is -1.85. The molecule has 4 heteroatoms. The quantitative estimate of drug-likeness (QED) is 0.284. The van der Waals surface area contributed by atoms with Gasteiger partial charge in [-0.2, -0.15) is 0 Å². The third-order valence-corrected chi connectivity index (χ3v) is 5.91. The maximum Gasteiger partial charge on any atom is 0.0326 e. The first-order chi connectivity index (χ1) is 10.7. The molecule has 0 aromatic heterocycles. The largest absolute Gasteiger partial charge is 0.0595 e.